The Morgan fingerprint density at radius 2 is 2.12 bits per heavy atom. The largest absolute Gasteiger partial charge is 0.376 e. The lowest BCUT2D eigenvalue weighted by molar-refractivity contribution is 0.120. The molecule has 0 bridgehead atoms. The number of hydrogen-bond donors (Lipinski definition) is 1. The zero-order chi connectivity index (χ0) is 17.1. The minimum absolute atomic E-state index is 0.298. The second kappa shape index (κ2) is 7.50. The molecule has 1 unspecified atom stereocenters. The lowest BCUT2D eigenvalue weighted by Gasteiger charge is -2.13. The maximum Gasteiger partial charge on any atom is 0.138 e. The summed E-state index contributed by atoms with van der Waals surface area (Å²) in [7, 11) is 0. The summed E-state index contributed by atoms with van der Waals surface area (Å²) in [6.45, 7) is 3.87. The Morgan fingerprint density at radius 1 is 1.24 bits per heavy atom. The SMILES string of the molecule is CCc1cc2c(NCC3CCCO3)nc(Cc3ccccc3)nc2s1. The summed E-state index contributed by atoms with van der Waals surface area (Å²) in [6.07, 6.45) is 4.36. The quantitative estimate of drug-likeness (QED) is 0.712. The topological polar surface area (TPSA) is 47.0 Å². The van der Waals surface area contributed by atoms with E-state index in [1.165, 1.54) is 10.4 Å². The van der Waals surface area contributed by atoms with Gasteiger partial charge in [-0.15, -0.1) is 11.3 Å². The molecule has 1 aliphatic rings. The third kappa shape index (κ3) is 3.83. The van der Waals surface area contributed by atoms with Crippen molar-refractivity contribution in [3.05, 3.63) is 52.7 Å². The minimum atomic E-state index is 0.298. The lowest BCUT2D eigenvalue weighted by atomic mass is 10.1. The standard InChI is InChI=1S/C20H23N3OS/c1-2-16-12-17-19(21-13-15-9-6-10-24-15)22-18(23-20(17)25-16)11-14-7-4-3-5-8-14/h3-5,7-8,12,15H,2,6,9-11,13H2,1H3,(H,21,22,23). The molecule has 4 rings (SSSR count). The first-order chi connectivity index (χ1) is 12.3. The molecule has 25 heavy (non-hydrogen) atoms. The van der Waals surface area contributed by atoms with Gasteiger partial charge in [0.2, 0.25) is 0 Å². The Bertz CT molecular complexity index is 841. The van der Waals surface area contributed by atoms with Gasteiger partial charge >= 0.3 is 0 Å². The molecule has 1 aliphatic heterocycles. The number of ether oxygens (including phenoxy) is 1. The summed E-state index contributed by atoms with van der Waals surface area (Å²) in [4.78, 5) is 12.1. The molecule has 1 aromatic carbocycles. The van der Waals surface area contributed by atoms with Crippen LogP contribution in [-0.2, 0) is 17.6 Å². The van der Waals surface area contributed by atoms with Crippen LogP contribution in [0.4, 0.5) is 5.82 Å². The molecule has 1 atom stereocenters. The van der Waals surface area contributed by atoms with Crippen LogP contribution in [0, 0.1) is 0 Å². The van der Waals surface area contributed by atoms with Gasteiger partial charge in [-0.05, 0) is 30.9 Å². The molecule has 0 aliphatic carbocycles. The zero-order valence-electron chi connectivity index (χ0n) is 14.5. The number of thiophene rings is 1. The van der Waals surface area contributed by atoms with E-state index in [-0.39, 0.29) is 0 Å². The van der Waals surface area contributed by atoms with E-state index in [1.807, 2.05) is 6.07 Å². The third-order valence-electron chi connectivity index (χ3n) is 4.56. The predicted molar refractivity (Wildman–Crippen MR) is 104 cm³/mol. The molecule has 0 saturated carbocycles. The van der Waals surface area contributed by atoms with Crippen molar-refractivity contribution in [3.8, 4) is 0 Å². The number of aryl methyl sites for hydroxylation is 1. The first kappa shape index (κ1) is 16.5. The first-order valence-corrected chi connectivity index (χ1v) is 9.82. The smallest absolute Gasteiger partial charge is 0.138 e. The second-order valence-electron chi connectivity index (χ2n) is 6.45. The predicted octanol–water partition coefficient (Wildman–Crippen LogP) is 4.44. The molecule has 130 valence electrons. The van der Waals surface area contributed by atoms with Crippen molar-refractivity contribution in [1.29, 1.82) is 0 Å². The van der Waals surface area contributed by atoms with Crippen molar-refractivity contribution in [1.82, 2.24) is 9.97 Å². The molecular formula is C20H23N3OS. The lowest BCUT2D eigenvalue weighted by Crippen LogP contribution is -2.19. The van der Waals surface area contributed by atoms with Gasteiger partial charge in [-0.3, -0.25) is 0 Å². The molecule has 2 aromatic heterocycles. The molecule has 1 N–H and O–H groups in total. The summed E-state index contributed by atoms with van der Waals surface area (Å²) in [5, 5.41) is 4.66. The van der Waals surface area contributed by atoms with Gasteiger partial charge in [-0.1, -0.05) is 37.3 Å². The minimum Gasteiger partial charge on any atom is -0.376 e. The van der Waals surface area contributed by atoms with Crippen LogP contribution in [0.5, 0.6) is 0 Å². The Morgan fingerprint density at radius 3 is 2.88 bits per heavy atom. The summed E-state index contributed by atoms with van der Waals surface area (Å²) in [6, 6.07) is 12.6. The molecular weight excluding hydrogens is 330 g/mol. The highest BCUT2D eigenvalue weighted by Crippen LogP contribution is 2.30. The fraction of sp³-hybridized carbons (Fsp3) is 0.400. The Kier molecular flexibility index (Phi) is 4.95. The molecule has 1 fully saturated rings. The molecule has 0 spiro atoms. The van der Waals surface area contributed by atoms with Crippen LogP contribution < -0.4 is 5.32 Å². The van der Waals surface area contributed by atoms with Crippen LogP contribution in [-0.4, -0.2) is 29.2 Å². The first-order valence-electron chi connectivity index (χ1n) is 9.00. The average molecular weight is 353 g/mol. The number of benzene rings is 1. The number of hydrogen-bond acceptors (Lipinski definition) is 5. The van der Waals surface area contributed by atoms with Crippen LogP contribution in [0.25, 0.3) is 10.2 Å². The van der Waals surface area contributed by atoms with E-state index in [4.69, 9.17) is 14.7 Å². The summed E-state index contributed by atoms with van der Waals surface area (Å²) in [5.41, 5.74) is 1.24. The van der Waals surface area contributed by atoms with Gasteiger partial charge in [0, 0.05) is 24.4 Å². The number of fused-ring (bicyclic) bond motifs is 1. The fourth-order valence-electron chi connectivity index (χ4n) is 3.20. The van der Waals surface area contributed by atoms with Crippen LogP contribution in [0.1, 0.15) is 36.0 Å². The van der Waals surface area contributed by atoms with E-state index >= 15 is 0 Å². The molecule has 5 heteroatoms. The van der Waals surface area contributed by atoms with Crippen molar-refractivity contribution in [3.63, 3.8) is 0 Å². The van der Waals surface area contributed by atoms with E-state index in [0.29, 0.717) is 6.10 Å². The Hall–Kier alpha value is -1.98. The molecule has 3 aromatic rings. The van der Waals surface area contributed by atoms with Crippen LogP contribution in [0.15, 0.2) is 36.4 Å². The third-order valence-corrected chi connectivity index (χ3v) is 5.74. The van der Waals surface area contributed by atoms with Crippen LogP contribution in [0.3, 0.4) is 0 Å². The number of rotatable bonds is 6. The maximum atomic E-state index is 5.74. The van der Waals surface area contributed by atoms with Crippen molar-refractivity contribution in [2.75, 3.05) is 18.5 Å². The average Bonchev–Trinajstić information content (AvgIpc) is 3.30. The maximum absolute atomic E-state index is 5.74. The summed E-state index contributed by atoms with van der Waals surface area (Å²) in [5.74, 6) is 1.82. The van der Waals surface area contributed by atoms with E-state index in [0.717, 1.165) is 60.7 Å². The Labute approximate surface area is 152 Å². The summed E-state index contributed by atoms with van der Waals surface area (Å²) < 4.78 is 5.74. The number of nitrogens with zero attached hydrogens (tertiary/aromatic N) is 2. The van der Waals surface area contributed by atoms with E-state index in [9.17, 15) is 0 Å². The van der Waals surface area contributed by atoms with Gasteiger partial charge in [-0.25, -0.2) is 9.97 Å². The Balaban J connectivity index is 1.63. The molecule has 0 radical (unpaired) electrons. The number of aromatic nitrogens is 2. The number of anilines is 1. The van der Waals surface area contributed by atoms with Crippen molar-refractivity contribution in [2.24, 2.45) is 0 Å². The van der Waals surface area contributed by atoms with Gasteiger partial charge in [0.15, 0.2) is 0 Å². The van der Waals surface area contributed by atoms with Crippen LogP contribution in [0.2, 0.25) is 0 Å². The highest BCUT2D eigenvalue weighted by Gasteiger charge is 2.17. The molecule has 1 saturated heterocycles. The van der Waals surface area contributed by atoms with Gasteiger partial charge in [0.25, 0.3) is 0 Å². The van der Waals surface area contributed by atoms with Gasteiger partial charge < -0.3 is 10.1 Å². The van der Waals surface area contributed by atoms with E-state index in [1.54, 1.807) is 11.3 Å². The molecule has 0 amide bonds. The molecule has 4 nitrogen and oxygen atoms in total. The second-order valence-corrected chi connectivity index (χ2v) is 7.57. The van der Waals surface area contributed by atoms with Crippen molar-refractivity contribution < 1.29 is 4.74 Å². The normalized spacial score (nSPS) is 17.2. The van der Waals surface area contributed by atoms with Crippen molar-refractivity contribution in [2.45, 2.75) is 38.7 Å². The number of nitrogens with one attached hydrogen (secondary N) is 1. The monoisotopic (exact) mass is 353 g/mol. The van der Waals surface area contributed by atoms with E-state index in [2.05, 4.69) is 42.6 Å². The molecule has 3 heterocycles. The highest BCUT2D eigenvalue weighted by molar-refractivity contribution is 7.18. The van der Waals surface area contributed by atoms with Crippen molar-refractivity contribution >= 4 is 27.4 Å². The van der Waals surface area contributed by atoms with Gasteiger partial charge in [-0.2, -0.15) is 0 Å². The van der Waals surface area contributed by atoms with E-state index < -0.39 is 0 Å². The summed E-state index contributed by atoms with van der Waals surface area (Å²) >= 11 is 1.77. The van der Waals surface area contributed by atoms with Crippen LogP contribution >= 0.6 is 11.3 Å². The zero-order valence-corrected chi connectivity index (χ0v) is 15.3. The van der Waals surface area contributed by atoms with Gasteiger partial charge in [0.1, 0.15) is 16.5 Å². The fourth-order valence-corrected chi connectivity index (χ4v) is 4.18. The van der Waals surface area contributed by atoms with Gasteiger partial charge in [0.05, 0.1) is 11.5 Å². The highest BCUT2D eigenvalue weighted by atomic mass is 32.1.